The van der Waals surface area contributed by atoms with E-state index in [1.165, 1.54) is 38.5 Å². The van der Waals surface area contributed by atoms with Gasteiger partial charge < -0.3 is 15.5 Å². The molecule has 0 spiro atoms. The van der Waals surface area contributed by atoms with Crippen molar-refractivity contribution in [2.75, 3.05) is 13.1 Å². The van der Waals surface area contributed by atoms with Crippen LogP contribution in [0.5, 0.6) is 0 Å². The third-order valence-corrected chi connectivity index (χ3v) is 6.15. The quantitative estimate of drug-likeness (QED) is 0.821. The number of fused-ring (bicyclic) bond motifs is 1. The Morgan fingerprint density at radius 1 is 0.826 bits per heavy atom. The zero-order chi connectivity index (χ0) is 16.2. The van der Waals surface area contributed by atoms with Gasteiger partial charge in [-0.05, 0) is 43.9 Å². The monoisotopic (exact) mass is 321 g/mol. The third-order valence-electron chi connectivity index (χ3n) is 6.15. The van der Waals surface area contributed by atoms with Gasteiger partial charge >= 0.3 is 6.03 Å². The lowest BCUT2D eigenvalue weighted by atomic mass is 9.69. The molecule has 2 N–H and O–H groups in total. The maximum absolute atomic E-state index is 12.3. The van der Waals surface area contributed by atoms with Gasteiger partial charge in [0.1, 0.15) is 0 Å². The molecule has 5 heteroatoms. The molecule has 0 bridgehead atoms. The molecule has 0 radical (unpaired) electrons. The standard InChI is InChI=1S/C18H31N3O2/c1-13(22)21-10-8-16(9-11-21)19-18(23)20-17-7-6-14-4-2-3-5-15(14)12-17/h14-17H,2-12H2,1H3,(H2,19,20,23). The molecule has 3 atom stereocenters. The summed E-state index contributed by atoms with van der Waals surface area (Å²) in [5.74, 6) is 1.89. The number of nitrogens with one attached hydrogen (secondary N) is 2. The van der Waals surface area contributed by atoms with E-state index in [-0.39, 0.29) is 18.0 Å². The number of nitrogens with zero attached hydrogens (tertiary/aromatic N) is 1. The molecule has 1 heterocycles. The second kappa shape index (κ2) is 7.54. The van der Waals surface area contributed by atoms with Gasteiger partial charge in [-0.1, -0.05) is 25.7 Å². The average Bonchev–Trinajstić information content (AvgIpc) is 2.55. The van der Waals surface area contributed by atoms with Crippen molar-refractivity contribution in [2.24, 2.45) is 11.8 Å². The minimum absolute atomic E-state index is 0.00876. The van der Waals surface area contributed by atoms with E-state index in [0.29, 0.717) is 6.04 Å². The van der Waals surface area contributed by atoms with E-state index in [4.69, 9.17) is 0 Å². The largest absolute Gasteiger partial charge is 0.343 e. The highest BCUT2D eigenvalue weighted by molar-refractivity contribution is 5.75. The molecule has 3 fully saturated rings. The molecule has 0 aromatic heterocycles. The number of rotatable bonds is 2. The van der Waals surface area contributed by atoms with E-state index in [1.807, 2.05) is 4.90 Å². The fourth-order valence-corrected chi connectivity index (χ4v) is 4.76. The van der Waals surface area contributed by atoms with Crippen molar-refractivity contribution in [3.63, 3.8) is 0 Å². The molecule has 2 aliphatic carbocycles. The van der Waals surface area contributed by atoms with Gasteiger partial charge in [0.05, 0.1) is 0 Å². The summed E-state index contributed by atoms with van der Waals surface area (Å²) in [7, 11) is 0. The fourth-order valence-electron chi connectivity index (χ4n) is 4.76. The summed E-state index contributed by atoms with van der Waals surface area (Å²) in [5.41, 5.74) is 0. The Bertz CT molecular complexity index is 432. The molecule has 3 aliphatic rings. The molecule has 0 aromatic carbocycles. The van der Waals surface area contributed by atoms with Crippen molar-refractivity contribution in [1.82, 2.24) is 15.5 Å². The summed E-state index contributed by atoms with van der Waals surface area (Å²) in [4.78, 5) is 25.4. The minimum Gasteiger partial charge on any atom is -0.343 e. The fraction of sp³-hybridized carbons (Fsp3) is 0.889. The Kier molecular flexibility index (Phi) is 5.44. The van der Waals surface area contributed by atoms with Gasteiger partial charge in [-0.2, -0.15) is 0 Å². The van der Waals surface area contributed by atoms with Gasteiger partial charge in [-0.15, -0.1) is 0 Å². The highest BCUT2D eigenvalue weighted by Crippen LogP contribution is 2.40. The molecule has 2 saturated carbocycles. The van der Waals surface area contributed by atoms with Crippen LogP contribution in [0.1, 0.15) is 64.7 Å². The van der Waals surface area contributed by atoms with E-state index in [9.17, 15) is 9.59 Å². The van der Waals surface area contributed by atoms with Crippen LogP contribution >= 0.6 is 0 Å². The number of piperidine rings is 1. The Balaban J connectivity index is 1.39. The number of hydrogen-bond donors (Lipinski definition) is 2. The first kappa shape index (κ1) is 16.6. The van der Waals surface area contributed by atoms with Gasteiger partial charge in [-0.3, -0.25) is 4.79 Å². The van der Waals surface area contributed by atoms with E-state index in [2.05, 4.69) is 10.6 Å². The molecule has 3 rings (SSSR count). The molecule has 23 heavy (non-hydrogen) atoms. The predicted molar refractivity (Wildman–Crippen MR) is 90.0 cm³/mol. The topological polar surface area (TPSA) is 61.4 Å². The van der Waals surface area contributed by atoms with Crippen molar-refractivity contribution >= 4 is 11.9 Å². The molecule has 1 aliphatic heterocycles. The lowest BCUT2D eigenvalue weighted by molar-refractivity contribution is -0.129. The Labute approximate surface area is 139 Å². The van der Waals surface area contributed by atoms with E-state index in [1.54, 1.807) is 6.92 Å². The first-order valence-corrected chi connectivity index (χ1v) is 9.44. The molecule has 5 nitrogen and oxygen atoms in total. The zero-order valence-corrected chi connectivity index (χ0v) is 14.4. The van der Waals surface area contributed by atoms with Crippen LogP contribution in [0.15, 0.2) is 0 Å². The van der Waals surface area contributed by atoms with Crippen LogP contribution in [0.3, 0.4) is 0 Å². The number of carbonyl (C=O) groups excluding carboxylic acids is 2. The predicted octanol–water partition coefficient (Wildman–Crippen LogP) is 2.66. The Morgan fingerprint density at radius 2 is 1.48 bits per heavy atom. The first-order valence-electron chi connectivity index (χ1n) is 9.44. The van der Waals surface area contributed by atoms with E-state index < -0.39 is 0 Å². The average molecular weight is 321 g/mol. The van der Waals surface area contributed by atoms with Crippen molar-refractivity contribution in [1.29, 1.82) is 0 Å². The Hall–Kier alpha value is -1.26. The molecular formula is C18H31N3O2. The van der Waals surface area contributed by atoms with Crippen molar-refractivity contribution in [2.45, 2.75) is 76.8 Å². The molecule has 1 saturated heterocycles. The van der Waals surface area contributed by atoms with Crippen LogP contribution in [-0.2, 0) is 4.79 Å². The molecule has 130 valence electrons. The number of urea groups is 1. The van der Waals surface area contributed by atoms with Crippen LogP contribution in [0, 0.1) is 11.8 Å². The van der Waals surface area contributed by atoms with Crippen molar-refractivity contribution in [3.8, 4) is 0 Å². The maximum atomic E-state index is 12.3. The lowest BCUT2D eigenvalue weighted by Gasteiger charge is -2.39. The van der Waals surface area contributed by atoms with E-state index >= 15 is 0 Å². The number of amides is 3. The van der Waals surface area contributed by atoms with Gasteiger partial charge in [0.15, 0.2) is 0 Å². The SMILES string of the molecule is CC(=O)N1CCC(NC(=O)NC2CCC3CCCCC3C2)CC1. The van der Waals surface area contributed by atoms with Gasteiger partial charge in [-0.25, -0.2) is 4.79 Å². The maximum Gasteiger partial charge on any atom is 0.315 e. The minimum atomic E-state index is -0.00876. The molecule has 0 aromatic rings. The van der Waals surface area contributed by atoms with Crippen molar-refractivity contribution in [3.05, 3.63) is 0 Å². The molecular weight excluding hydrogens is 290 g/mol. The summed E-state index contributed by atoms with van der Waals surface area (Å²) in [6.45, 7) is 3.13. The van der Waals surface area contributed by atoms with Crippen LogP contribution in [0.4, 0.5) is 4.79 Å². The summed E-state index contributed by atoms with van der Waals surface area (Å²) in [6, 6.07) is 0.550. The summed E-state index contributed by atoms with van der Waals surface area (Å²) < 4.78 is 0. The van der Waals surface area contributed by atoms with Gasteiger partial charge in [0.2, 0.25) is 5.91 Å². The second-order valence-electron chi connectivity index (χ2n) is 7.71. The summed E-state index contributed by atoms with van der Waals surface area (Å²) in [6.07, 6.45) is 10.8. The highest BCUT2D eigenvalue weighted by Gasteiger charge is 2.33. The second-order valence-corrected chi connectivity index (χ2v) is 7.71. The third kappa shape index (κ3) is 4.39. The molecule has 3 amide bonds. The van der Waals surface area contributed by atoms with Gasteiger partial charge in [0, 0.05) is 32.1 Å². The number of hydrogen-bond acceptors (Lipinski definition) is 2. The van der Waals surface area contributed by atoms with Crippen LogP contribution in [-0.4, -0.2) is 42.0 Å². The van der Waals surface area contributed by atoms with Gasteiger partial charge in [0.25, 0.3) is 0 Å². The van der Waals surface area contributed by atoms with Crippen LogP contribution < -0.4 is 10.6 Å². The number of likely N-dealkylation sites (tertiary alicyclic amines) is 1. The smallest absolute Gasteiger partial charge is 0.315 e. The number of carbonyl (C=O) groups is 2. The molecule has 3 unspecified atom stereocenters. The van der Waals surface area contributed by atoms with Crippen molar-refractivity contribution < 1.29 is 9.59 Å². The Morgan fingerprint density at radius 3 is 2.17 bits per heavy atom. The summed E-state index contributed by atoms with van der Waals surface area (Å²) >= 11 is 0. The first-order chi connectivity index (χ1) is 11.1. The van der Waals surface area contributed by atoms with Crippen LogP contribution in [0.2, 0.25) is 0 Å². The highest BCUT2D eigenvalue weighted by atomic mass is 16.2. The lowest BCUT2D eigenvalue weighted by Crippen LogP contribution is -2.51. The summed E-state index contributed by atoms with van der Waals surface area (Å²) in [5, 5.41) is 6.31. The van der Waals surface area contributed by atoms with E-state index in [0.717, 1.165) is 44.2 Å². The zero-order valence-electron chi connectivity index (χ0n) is 14.4. The normalized spacial score (nSPS) is 32.0. The van der Waals surface area contributed by atoms with Crippen LogP contribution in [0.25, 0.3) is 0 Å².